The first-order valence-corrected chi connectivity index (χ1v) is 5.92. The van der Waals surface area contributed by atoms with Crippen LogP contribution in [0.15, 0.2) is 12.1 Å². The minimum Gasteiger partial charge on any atom is -0.394 e. The Balaban J connectivity index is 2.07. The van der Waals surface area contributed by atoms with Crippen LogP contribution in [-0.4, -0.2) is 49.8 Å². The Labute approximate surface area is 111 Å². The molecule has 20 heavy (non-hydrogen) atoms. The molecule has 7 nitrogen and oxygen atoms in total. The zero-order chi connectivity index (χ0) is 14.4. The quantitative estimate of drug-likeness (QED) is 0.692. The van der Waals surface area contributed by atoms with E-state index in [2.05, 4.69) is 10.1 Å². The molecule has 3 heterocycles. The second-order valence-corrected chi connectivity index (χ2v) is 4.53. The van der Waals surface area contributed by atoms with Gasteiger partial charge < -0.3 is 20.7 Å². The van der Waals surface area contributed by atoms with Crippen molar-refractivity contribution in [1.82, 2.24) is 14.6 Å². The van der Waals surface area contributed by atoms with Gasteiger partial charge in [0.15, 0.2) is 12.0 Å². The fourth-order valence-electron chi connectivity index (χ4n) is 2.34. The van der Waals surface area contributed by atoms with E-state index in [1.54, 1.807) is 0 Å². The summed E-state index contributed by atoms with van der Waals surface area (Å²) in [4.78, 5) is 3.36. The smallest absolute Gasteiger partial charge is 0.327 e. The van der Waals surface area contributed by atoms with Gasteiger partial charge in [-0.1, -0.05) is 0 Å². The van der Waals surface area contributed by atoms with Crippen LogP contribution in [0.2, 0.25) is 0 Å². The van der Waals surface area contributed by atoms with Crippen molar-refractivity contribution in [1.29, 1.82) is 0 Å². The third-order valence-electron chi connectivity index (χ3n) is 3.33. The van der Waals surface area contributed by atoms with E-state index in [1.807, 2.05) is 0 Å². The SMILES string of the molecule is Nc1nc(F)nn2c(C3OC(CO)C(O)C3F)ccc12. The van der Waals surface area contributed by atoms with Gasteiger partial charge in [-0.3, -0.25) is 0 Å². The van der Waals surface area contributed by atoms with Crippen LogP contribution in [0.5, 0.6) is 0 Å². The van der Waals surface area contributed by atoms with Gasteiger partial charge in [-0.15, -0.1) is 5.10 Å². The van der Waals surface area contributed by atoms with Crippen LogP contribution in [0.25, 0.3) is 5.52 Å². The highest BCUT2D eigenvalue weighted by Gasteiger charge is 2.45. The summed E-state index contributed by atoms with van der Waals surface area (Å²) in [6.45, 7) is -0.521. The molecule has 3 rings (SSSR count). The Morgan fingerprint density at radius 2 is 2.20 bits per heavy atom. The van der Waals surface area contributed by atoms with Gasteiger partial charge >= 0.3 is 6.08 Å². The summed E-state index contributed by atoms with van der Waals surface area (Å²) in [6, 6.07) is 2.96. The van der Waals surface area contributed by atoms with Crippen LogP contribution in [-0.2, 0) is 4.74 Å². The molecule has 1 aliphatic heterocycles. The Bertz CT molecular complexity index is 650. The summed E-state index contributed by atoms with van der Waals surface area (Å²) in [6.07, 6.45) is -6.48. The molecule has 0 bridgehead atoms. The molecule has 1 aliphatic rings. The van der Waals surface area contributed by atoms with E-state index >= 15 is 0 Å². The van der Waals surface area contributed by atoms with Gasteiger partial charge in [0.1, 0.15) is 23.8 Å². The molecule has 0 aromatic carbocycles. The van der Waals surface area contributed by atoms with Crippen molar-refractivity contribution in [2.45, 2.75) is 24.5 Å². The molecule has 4 N–H and O–H groups in total. The third-order valence-corrected chi connectivity index (χ3v) is 3.33. The Morgan fingerprint density at radius 1 is 1.45 bits per heavy atom. The van der Waals surface area contributed by atoms with E-state index in [4.69, 9.17) is 15.6 Å². The molecule has 9 heteroatoms. The van der Waals surface area contributed by atoms with Crippen molar-refractivity contribution < 1.29 is 23.7 Å². The number of hydrogen-bond donors (Lipinski definition) is 3. The normalized spacial score (nSPS) is 30.2. The zero-order valence-electron chi connectivity index (χ0n) is 10.1. The van der Waals surface area contributed by atoms with Crippen molar-refractivity contribution in [3.8, 4) is 0 Å². The molecule has 0 radical (unpaired) electrons. The van der Waals surface area contributed by atoms with Crippen molar-refractivity contribution >= 4 is 11.3 Å². The lowest BCUT2D eigenvalue weighted by Crippen LogP contribution is -2.30. The lowest BCUT2D eigenvalue weighted by molar-refractivity contribution is -0.0241. The molecule has 1 saturated heterocycles. The highest BCUT2D eigenvalue weighted by Crippen LogP contribution is 2.36. The zero-order valence-corrected chi connectivity index (χ0v) is 10.1. The van der Waals surface area contributed by atoms with Crippen LogP contribution in [0.3, 0.4) is 0 Å². The van der Waals surface area contributed by atoms with Gasteiger partial charge in [0.05, 0.1) is 12.3 Å². The number of aliphatic hydroxyl groups excluding tert-OH is 2. The Kier molecular flexibility index (Phi) is 3.04. The number of aromatic nitrogens is 3. The average molecular weight is 286 g/mol. The van der Waals surface area contributed by atoms with Gasteiger partial charge in [-0.05, 0) is 12.1 Å². The number of nitrogens with zero attached hydrogens (tertiary/aromatic N) is 3. The molecule has 0 aliphatic carbocycles. The molecule has 2 aromatic heterocycles. The van der Waals surface area contributed by atoms with Crippen molar-refractivity contribution in [3.05, 3.63) is 23.9 Å². The predicted octanol–water partition coefficient (Wildman–Crippen LogP) is -0.418. The van der Waals surface area contributed by atoms with E-state index in [-0.39, 0.29) is 11.5 Å². The first kappa shape index (κ1) is 13.2. The van der Waals surface area contributed by atoms with Crippen molar-refractivity contribution in [3.63, 3.8) is 0 Å². The van der Waals surface area contributed by atoms with Crippen LogP contribution in [0, 0.1) is 6.08 Å². The van der Waals surface area contributed by atoms with Gasteiger partial charge in [0.25, 0.3) is 0 Å². The van der Waals surface area contributed by atoms with E-state index in [1.165, 1.54) is 12.1 Å². The number of ether oxygens (including phenoxy) is 1. The molecule has 108 valence electrons. The van der Waals surface area contributed by atoms with Crippen molar-refractivity contribution in [2.24, 2.45) is 0 Å². The molecule has 4 unspecified atom stereocenters. The molecule has 0 amide bonds. The number of aliphatic hydroxyl groups is 2. The fourth-order valence-corrected chi connectivity index (χ4v) is 2.34. The number of halogens is 2. The molecular weight excluding hydrogens is 274 g/mol. The Morgan fingerprint density at radius 3 is 2.85 bits per heavy atom. The standard InChI is InChI=1S/C11H12F2N4O3/c12-7-8(19)6(3-18)20-9(7)4-1-2-5-10(14)15-11(13)16-17(4)5/h1-2,6-9,18-19H,3H2,(H2,14,15,16). The van der Waals surface area contributed by atoms with Gasteiger partial charge in [0.2, 0.25) is 0 Å². The summed E-state index contributed by atoms with van der Waals surface area (Å²) in [5.41, 5.74) is 6.04. The summed E-state index contributed by atoms with van der Waals surface area (Å²) in [7, 11) is 0. The topological polar surface area (TPSA) is 106 Å². The van der Waals surface area contributed by atoms with Crippen LogP contribution in [0.4, 0.5) is 14.6 Å². The average Bonchev–Trinajstić information content (AvgIpc) is 2.93. The van der Waals surface area contributed by atoms with Gasteiger partial charge in [-0.25, -0.2) is 8.91 Å². The van der Waals surface area contributed by atoms with Crippen LogP contribution < -0.4 is 5.73 Å². The number of alkyl halides is 1. The maximum absolute atomic E-state index is 14.0. The lowest BCUT2D eigenvalue weighted by Gasteiger charge is -2.12. The molecule has 2 aromatic rings. The second-order valence-electron chi connectivity index (χ2n) is 4.53. The maximum Gasteiger partial charge on any atom is 0.327 e. The number of nitrogen functional groups attached to an aromatic ring is 1. The lowest BCUT2D eigenvalue weighted by atomic mass is 10.1. The van der Waals surface area contributed by atoms with Crippen LogP contribution >= 0.6 is 0 Å². The molecule has 0 spiro atoms. The van der Waals surface area contributed by atoms with E-state index in [0.717, 1.165) is 4.52 Å². The number of nitrogens with two attached hydrogens (primary N) is 1. The Hall–Kier alpha value is -1.84. The van der Waals surface area contributed by atoms with Gasteiger partial charge in [0, 0.05) is 0 Å². The summed E-state index contributed by atoms with van der Waals surface area (Å²) in [5, 5.41) is 22.1. The second kappa shape index (κ2) is 4.62. The number of anilines is 1. The number of hydrogen-bond acceptors (Lipinski definition) is 6. The fraction of sp³-hybridized carbons (Fsp3) is 0.455. The largest absolute Gasteiger partial charge is 0.394 e. The summed E-state index contributed by atoms with van der Waals surface area (Å²) >= 11 is 0. The number of rotatable bonds is 2. The molecular formula is C11H12F2N4O3. The summed E-state index contributed by atoms with van der Waals surface area (Å²) < 4.78 is 33.6. The monoisotopic (exact) mass is 286 g/mol. The predicted molar refractivity (Wildman–Crippen MR) is 63.0 cm³/mol. The van der Waals surface area contributed by atoms with Crippen molar-refractivity contribution in [2.75, 3.05) is 12.3 Å². The first-order chi connectivity index (χ1) is 9.52. The van der Waals surface area contributed by atoms with E-state index in [0.29, 0.717) is 5.52 Å². The van der Waals surface area contributed by atoms with Crippen LogP contribution in [0.1, 0.15) is 11.8 Å². The van der Waals surface area contributed by atoms with Gasteiger partial charge in [-0.2, -0.15) is 9.37 Å². The molecule has 0 saturated carbocycles. The van der Waals surface area contributed by atoms with E-state index in [9.17, 15) is 13.9 Å². The minimum atomic E-state index is -1.76. The molecule has 1 fully saturated rings. The third kappa shape index (κ3) is 1.82. The minimum absolute atomic E-state index is 0.0867. The van der Waals surface area contributed by atoms with E-state index < -0.39 is 37.2 Å². The maximum atomic E-state index is 14.0. The molecule has 4 atom stereocenters. The first-order valence-electron chi connectivity index (χ1n) is 5.92. The highest BCUT2D eigenvalue weighted by atomic mass is 19.1. The number of fused-ring (bicyclic) bond motifs is 1. The highest BCUT2D eigenvalue weighted by molar-refractivity contribution is 5.65. The summed E-state index contributed by atoms with van der Waals surface area (Å²) in [5.74, 6) is -0.0867.